The van der Waals surface area contributed by atoms with Gasteiger partial charge in [0.25, 0.3) is 0 Å². The number of aromatic nitrogens is 3. The molecule has 3 heteroatoms. The van der Waals surface area contributed by atoms with Crippen molar-refractivity contribution >= 4 is 28.1 Å². The van der Waals surface area contributed by atoms with Gasteiger partial charge in [0.2, 0.25) is 0 Å². The Labute approximate surface area is 98.2 Å². The lowest BCUT2D eigenvalue weighted by Gasteiger charge is -2.07. The van der Waals surface area contributed by atoms with Crippen molar-refractivity contribution in [3.63, 3.8) is 0 Å². The van der Waals surface area contributed by atoms with Crippen LogP contribution in [0.2, 0.25) is 0 Å². The third-order valence-electron chi connectivity index (χ3n) is 3.26. The lowest BCUT2D eigenvalue weighted by atomic mass is 10.1. The average Bonchev–Trinajstić information content (AvgIpc) is 2.73. The van der Waals surface area contributed by atoms with Crippen LogP contribution in [-0.2, 0) is 6.42 Å². The van der Waals surface area contributed by atoms with Gasteiger partial charge in [-0.25, -0.2) is 9.97 Å². The zero-order valence-corrected chi connectivity index (χ0v) is 9.27. The number of hydrogen-bond acceptors (Lipinski definition) is 2. The molecule has 0 saturated carbocycles. The van der Waals surface area contributed by atoms with Gasteiger partial charge in [0, 0.05) is 10.9 Å². The van der Waals surface area contributed by atoms with E-state index in [0.717, 1.165) is 46.3 Å². The highest BCUT2D eigenvalue weighted by atomic mass is 14.9. The van der Waals surface area contributed by atoms with E-state index >= 15 is 0 Å². The monoisotopic (exact) mass is 221 g/mol. The van der Waals surface area contributed by atoms with E-state index in [2.05, 4.69) is 34.3 Å². The van der Waals surface area contributed by atoms with Gasteiger partial charge >= 0.3 is 0 Å². The molecule has 0 saturated heterocycles. The molecule has 0 fully saturated rings. The maximum atomic E-state index is 4.76. The number of benzene rings is 1. The van der Waals surface area contributed by atoms with Crippen LogP contribution in [0.1, 0.15) is 17.8 Å². The molecule has 1 aromatic carbocycles. The molecule has 3 aromatic rings. The molecular weight excluding hydrogens is 210 g/mol. The molecule has 2 aromatic heterocycles. The molecule has 17 heavy (non-hydrogen) atoms. The third-order valence-corrected chi connectivity index (χ3v) is 3.26. The minimum Gasteiger partial charge on any atom is -0.338 e. The van der Waals surface area contributed by atoms with Gasteiger partial charge in [0.15, 0.2) is 5.65 Å². The quantitative estimate of drug-likeness (QED) is 0.633. The molecule has 0 atom stereocenters. The molecule has 82 valence electrons. The standard InChI is InChI=1S/C14H11N3/c1-2-6-10-9(5-1)13-14(16-10)17-12-8-4-3-7-11(12)15-13/h1-2,4-6,8H,3,7H2,(H,16,17). The van der Waals surface area contributed by atoms with Crippen molar-refractivity contribution in [2.24, 2.45) is 0 Å². The Bertz CT molecular complexity index is 753. The molecular formula is C14H11N3. The van der Waals surface area contributed by atoms with Gasteiger partial charge in [-0.1, -0.05) is 24.3 Å². The summed E-state index contributed by atoms with van der Waals surface area (Å²) in [5.41, 5.74) is 5.11. The van der Waals surface area contributed by atoms with Gasteiger partial charge in [0.1, 0.15) is 5.52 Å². The second kappa shape index (κ2) is 3.17. The van der Waals surface area contributed by atoms with E-state index in [4.69, 9.17) is 4.98 Å². The number of rotatable bonds is 0. The lowest BCUT2D eigenvalue weighted by molar-refractivity contribution is 0.920. The highest BCUT2D eigenvalue weighted by Crippen LogP contribution is 2.25. The van der Waals surface area contributed by atoms with Gasteiger partial charge < -0.3 is 4.98 Å². The van der Waals surface area contributed by atoms with Crippen molar-refractivity contribution in [3.05, 3.63) is 41.7 Å². The summed E-state index contributed by atoms with van der Waals surface area (Å²) in [6.07, 6.45) is 6.28. The normalized spacial score (nSPS) is 14.4. The van der Waals surface area contributed by atoms with Crippen LogP contribution in [0, 0.1) is 0 Å². The Hall–Kier alpha value is -2.16. The predicted molar refractivity (Wildman–Crippen MR) is 68.7 cm³/mol. The van der Waals surface area contributed by atoms with Crippen molar-refractivity contribution < 1.29 is 0 Å². The van der Waals surface area contributed by atoms with E-state index in [9.17, 15) is 0 Å². The predicted octanol–water partition coefficient (Wildman–Crippen LogP) is 3.07. The summed E-state index contributed by atoms with van der Waals surface area (Å²) in [5, 5.41) is 1.16. The van der Waals surface area contributed by atoms with Crippen LogP contribution in [0.3, 0.4) is 0 Å². The van der Waals surface area contributed by atoms with Crippen LogP contribution in [0.5, 0.6) is 0 Å². The third kappa shape index (κ3) is 1.22. The maximum Gasteiger partial charge on any atom is 0.157 e. The number of hydrogen-bond donors (Lipinski definition) is 1. The first-order chi connectivity index (χ1) is 8.42. The molecule has 0 spiro atoms. The minimum absolute atomic E-state index is 0.886. The van der Waals surface area contributed by atoms with E-state index < -0.39 is 0 Å². The molecule has 2 heterocycles. The summed E-state index contributed by atoms with van der Waals surface area (Å²) >= 11 is 0. The summed E-state index contributed by atoms with van der Waals surface area (Å²) in [4.78, 5) is 12.7. The average molecular weight is 221 g/mol. The fraction of sp³-hybridized carbons (Fsp3) is 0.143. The van der Waals surface area contributed by atoms with Gasteiger partial charge in [-0.3, -0.25) is 0 Å². The highest BCUT2D eigenvalue weighted by molar-refractivity contribution is 6.03. The fourth-order valence-corrected chi connectivity index (χ4v) is 2.42. The lowest BCUT2D eigenvalue weighted by Crippen LogP contribution is -2.00. The second-order valence-electron chi connectivity index (χ2n) is 4.36. The number of para-hydroxylation sites is 1. The van der Waals surface area contributed by atoms with Gasteiger partial charge in [0.05, 0.1) is 11.4 Å². The maximum absolute atomic E-state index is 4.76. The Kier molecular flexibility index (Phi) is 1.66. The summed E-state index contributed by atoms with van der Waals surface area (Å²) in [5.74, 6) is 0. The van der Waals surface area contributed by atoms with Crippen LogP contribution in [-0.4, -0.2) is 15.0 Å². The first-order valence-corrected chi connectivity index (χ1v) is 5.86. The molecule has 0 amide bonds. The molecule has 0 unspecified atom stereocenters. The highest BCUT2D eigenvalue weighted by Gasteiger charge is 2.12. The Balaban J connectivity index is 2.16. The van der Waals surface area contributed by atoms with E-state index in [1.54, 1.807) is 0 Å². The van der Waals surface area contributed by atoms with Crippen LogP contribution in [0.15, 0.2) is 30.3 Å². The van der Waals surface area contributed by atoms with Crippen molar-refractivity contribution in [1.29, 1.82) is 0 Å². The number of fused-ring (bicyclic) bond motifs is 4. The first-order valence-electron chi connectivity index (χ1n) is 5.86. The van der Waals surface area contributed by atoms with E-state index in [-0.39, 0.29) is 0 Å². The van der Waals surface area contributed by atoms with Crippen LogP contribution >= 0.6 is 0 Å². The molecule has 1 aliphatic carbocycles. The number of nitrogens with zero attached hydrogens (tertiary/aromatic N) is 2. The molecule has 3 nitrogen and oxygen atoms in total. The van der Waals surface area contributed by atoms with E-state index in [0.29, 0.717) is 0 Å². The largest absolute Gasteiger partial charge is 0.338 e. The smallest absolute Gasteiger partial charge is 0.157 e. The molecule has 0 bridgehead atoms. The minimum atomic E-state index is 0.886. The van der Waals surface area contributed by atoms with Crippen LogP contribution in [0.25, 0.3) is 28.1 Å². The van der Waals surface area contributed by atoms with Crippen LogP contribution in [0.4, 0.5) is 0 Å². The van der Waals surface area contributed by atoms with E-state index in [1.807, 2.05) is 12.1 Å². The summed E-state index contributed by atoms with van der Waals surface area (Å²) in [7, 11) is 0. The summed E-state index contributed by atoms with van der Waals surface area (Å²) < 4.78 is 0. The van der Waals surface area contributed by atoms with Gasteiger partial charge in [-0.05, 0) is 25.0 Å². The van der Waals surface area contributed by atoms with Gasteiger partial charge in [-0.2, -0.15) is 0 Å². The molecule has 4 rings (SSSR count). The molecule has 0 radical (unpaired) electrons. The number of aryl methyl sites for hydroxylation is 1. The summed E-state index contributed by atoms with van der Waals surface area (Å²) in [6, 6.07) is 8.22. The number of H-pyrrole nitrogens is 1. The molecule has 1 aliphatic rings. The van der Waals surface area contributed by atoms with Crippen molar-refractivity contribution in [2.75, 3.05) is 0 Å². The Morgan fingerprint density at radius 2 is 2.06 bits per heavy atom. The topological polar surface area (TPSA) is 41.6 Å². The SMILES string of the molecule is C1=Cc2nc3[nH]c4ccccc4c3nc2CC1. The molecule has 0 aliphatic heterocycles. The Morgan fingerprint density at radius 3 is 3.06 bits per heavy atom. The first kappa shape index (κ1) is 8.93. The second-order valence-corrected chi connectivity index (χ2v) is 4.36. The van der Waals surface area contributed by atoms with Crippen molar-refractivity contribution in [2.45, 2.75) is 12.8 Å². The van der Waals surface area contributed by atoms with Crippen molar-refractivity contribution in [1.82, 2.24) is 15.0 Å². The zero-order chi connectivity index (χ0) is 11.2. The molecule has 1 N–H and O–H groups in total. The van der Waals surface area contributed by atoms with Crippen molar-refractivity contribution in [3.8, 4) is 0 Å². The van der Waals surface area contributed by atoms with E-state index in [1.165, 1.54) is 0 Å². The number of allylic oxidation sites excluding steroid dienone is 1. The number of nitrogens with one attached hydrogen (secondary N) is 1. The fourth-order valence-electron chi connectivity index (χ4n) is 2.42. The van der Waals surface area contributed by atoms with Gasteiger partial charge in [-0.15, -0.1) is 0 Å². The summed E-state index contributed by atoms with van der Waals surface area (Å²) in [6.45, 7) is 0. The Morgan fingerprint density at radius 1 is 1.12 bits per heavy atom. The zero-order valence-electron chi connectivity index (χ0n) is 9.27. The number of aromatic amines is 1. The van der Waals surface area contributed by atoms with Crippen LogP contribution < -0.4 is 0 Å².